The number of hydrogen-bond donors (Lipinski definition) is 1. The fourth-order valence-corrected chi connectivity index (χ4v) is 3.93. The molecule has 80 valence electrons. The normalized spacial score (nSPS) is 45.6. The van der Waals surface area contributed by atoms with Crippen LogP contribution >= 0.6 is 8.25 Å². The van der Waals surface area contributed by atoms with Gasteiger partial charge in [0.1, 0.15) is 6.10 Å². The minimum atomic E-state index is -2.45. The highest BCUT2D eigenvalue weighted by molar-refractivity contribution is 7.32. The van der Waals surface area contributed by atoms with E-state index in [1.165, 1.54) is 6.42 Å². The van der Waals surface area contributed by atoms with Gasteiger partial charge in [-0.05, 0) is 30.6 Å². The molecule has 1 unspecified atom stereocenters. The quantitative estimate of drug-likeness (QED) is 0.723. The Hall–Kier alpha value is 0.0200. The minimum absolute atomic E-state index is 0.0233. The fourth-order valence-electron chi connectivity index (χ4n) is 3.40. The SMILES string of the molecule is CC1(C)[C@H]2CC[C@]1(C)[C@H](O[P+](=O)O)C2. The first-order valence-electron chi connectivity index (χ1n) is 5.21. The van der Waals surface area contributed by atoms with Crippen molar-refractivity contribution in [2.45, 2.75) is 46.1 Å². The van der Waals surface area contributed by atoms with Crippen molar-refractivity contribution in [2.24, 2.45) is 16.7 Å². The molecular weight excluding hydrogens is 199 g/mol. The van der Waals surface area contributed by atoms with Crippen LogP contribution < -0.4 is 0 Å². The zero-order valence-electron chi connectivity index (χ0n) is 8.99. The second kappa shape index (κ2) is 3.01. The standard InChI is InChI=1S/C10H17O3P/c1-9(2)7-4-5-10(9,3)8(6-7)13-14(11)12/h7-8H,4-6H2,1-3H3/p+1/t7-,8+,10+/m0/s1. The van der Waals surface area contributed by atoms with Gasteiger partial charge in [0.05, 0.1) is 0 Å². The molecule has 0 aliphatic heterocycles. The molecule has 0 aromatic rings. The Bertz CT molecular complexity index is 277. The summed E-state index contributed by atoms with van der Waals surface area (Å²) in [6, 6.07) is 0. The van der Waals surface area contributed by atoms with Crippen molar-refractivity contribution in [2.75, 3.05) is 0 Å². The van der Waals surface area contributed by atoms with Crippen LogP contribution in [0, 0.1) is 16.7 Å². The summed E-state index contributed by atoms with van der Waals surface area (Å²) < 4.78 is 15.9. The van der Waals surface area contributed by atoms with Crippen molar-refractivity contribution in [1.82, 2.24) is 0 Å². The van der Waals surface area contributed by atoms with Gasteiger partial charge < -0.3 is 0 Å². The van der Waals surface area contributed by atoms with E-state index >= 15 is 0 Å². The molecule has 0 amide bonds. The van der Waals surface area contributed by atoms with Gasteiger partial charge in [-0.25, -0.2) is 0 Å². The lowest BCUT2D eigenvalue weighted by Gasteiger charge is -2.36. The second-order valence-electron chi connectivity index (χ2n) is 5.44. The zero-order valence-corrected chi connectivity index (χ0v) is 9.88. The van der Waals surface area contributed by atoms with Crippen LogP contribution in [0.3, 0.4) is 0 Å². The monoisotopic (exact) mass is 217 g/mol. The van der Waals surface area contributed by atoms with Crippen LogP contribution in [-0.4, -0.2) is 11.0 Å². The number of rotatable bonds is 2. The molecule has 0 radical (unpaired) electrons. The maximum absolute atomic E-state index is 10.7. The zero-order chi connectivity index (χ0) is 10.6. The summed E-state index contributed by atoms with van der Waals surface area (Å²) in [4.78, 5) is 8.81. The Morgan fingerprint density at radius 2 is 2.07 bits per heavy atom. The lowest BCUT2D eigenvalue weighted by molar-refractivity contribution is 0.0284. The molecule has 2 aliphatic rings. The Labute approximate surface area is 85.8 Å². The van der Waals surface area contributed by atoms with Gasteiger partial charge in [-0.3, -0.25) is 0 Å². The third-order valence-electron chi connectivity index (χ3n) is 4.93. The predicted molar refractivity (Wildman–Crippen MR) is 53.9 cm³/mol. The van der Waals surface area contributed by atoms with Crippen LogP contribution in [0.25, 0.3) is 0 Å². The van der Waals surface area contributed by atoms with Gasteiger partial charge >= 0.3 is 8.25 Å². The molecule has 2 saturated carbocycles. The van der Waals surface area contributed by atoms with E-state index in [9.17, 15) is 4.57 Å². The summed E-state index contributed by atoms with van der Waals surface area (Å²) in [6.45, 7) is 6.72. The van der Waals surface area contributed by atoms with Crippen LogP contribution in [0.5, 0.6) is 0 Å². The molecule has 0 heterocycles. The maximum atomic E-state index is 10.7. The van der Waals surface area contributed by atoms with E-state index in [1.807, 2.05) is 0 Å². The Kier molecular flexibility index (Phi) is 2.26. The second-order valence-corrected chi connectivity index (χ2v) is 6.13. The molecule has 3 nitrogen and oxygen atoms in total. The summed E-state index contributed by atoms with van der Waals surface area (Å²) in [5.74, 6) is 0.660. The third kappa shape index (κ3) is 1.19. The predicted octanol–water partition coefficient (Wildman–Crippen LogP) is 2.87. The van der Waals surface area contributed by atoms with Crippen molar-refractivity contribution in [3.8, 4) is 0 Å². The summed E-state index contributed by atoms with van der Waals surface area (Å²) in [5, 5.41) is 0. The van der Waals surface area contributed by atoms with Crippen LogP contribution in [0.2, 0.25) is 0 Å². The van der Waals surface area contributed by atoms with E-state index in [0.717, 1.165) is 12.8 Å². The van der Waals surface area contributed by atoms with E-state index in [0.29, 0.717) is 5.92 Å². The molecule has 2 bridgehead atoms. The van der Waals surface area contributed by atoms with Gasteiger partial charge in [-0.2, -0.15) is 0 Å². The molecule has 4 heteroatoms. The minimum Gasteiger partial charge on any atom is -0.133 e. The van der Waals surface area contributed by atoms with E-state index in [4.69, 9.17) is 9.42 Å². The molecule has 0 aromatic heterocycles. The highest BCUT2D eigenvalue weighted by Crippen LogP contribution is 2.67. The highest BCUT2D eigenvalue weighted by atomic mass is 31.1. The molecule has 2 aliphatic carbocycles. The Morgan fingerprint density at radius 3 is 2.43 bits per heavy atom. The third-order valence-corrected chi connectivity index (χ3v) is 5.37. The number of fused-ring (bicyclic) bond motifs is 2. The average Bonchev–Trinajstić information content (AvgIpc) is 2.35. The Balaban J connectivity index is 2.23. The van der Waals surface area contributed by atoms with Crippen molar-refractivity contribution < 1.29 is 14.0 Å². The van der Waals surface area contributed by atoms with Crippen LogP contribution in [0.1, 0.15) is 40.0 Å². The van der Waals surface area contributed by atoms with Gasteiger partial charge in [0, 0.05) is 9.98 Å². The molecule has 1 N–H and O–H groups in total. The molecular formula is C10H18O3P+. The average molecular weight is 217 g/mol. The van der Waals surface area contributed by atoms with E-state index in [2.05, 4.69) is 20.8 Å². The van der Waals surface area contributed by atoms with Gasteiger partial charge in [0.25, 0.3) is 0 Å². The summed E-state index contributed by atoms with van der Waals surface area (Å²) in [5.41, 5.74) is 0.342. The summed E-state index contributed by atoms with van der Waals surface area (Å²) >= 11 is 0. The van der Waals surface area contributed by atoms with Crippen molar-refractivity contribution >= 4 is 8.25 Å². The molecule has 14 heavy (non-hydrogen) atoms. The largest absolute Gasteiger partial charge is 0.695 e. The van der Waals surface area contributed by atoms with Crippen LogP contribution in [0.15, 0.2) is 0 Å². The first-order valence-corrected chi connectivity index (χ1v) is 6.34. The molecule has 4 atom stereocenters. The smallest absolute Gasteiger partial charge is 0.133 e. The first kappa shape index (κ1) is 10.5. The highest BCUT2D eigenvalue weighted by Gasteiger charge is 2.64. The first-order chi connectivity index (χ1) is 6.38. The van der Waals surface area contributed by atoms with E-state index < -0.39 is 8.25 Å². The molecule has 2 fully saturated rings. The molecule has 0 saturated heterocycles. The Morgan fingerprint density at radius 1 is 1.43 bits per heavy atom. The van der Waals surface area contributed by atoms with Crippen LogP contribution in [-0.2, 0) is 9.09 Å². The fraction of sp³-hybridized carbons (Fsp3) is 1.00. The molecule has 0 spiro atoms. The van der Waals surface area contributed by atoms with Crippen molar-refractivity contribution in [1.29, 1.82) is 0 Å². The lowest BCUT2D eigenvalue weighted by Crippen LogP contribution is -2.36. The van der Waals surface area contributed by atoms with Crippen molar-refractivity contribution in [3.63, 3.8) is 0 Å². The van der Waals surface area contributed by atoms with Gasteiger partial charge in [0.2, 0.25) is 0 Å². The lowest BCUT2D eigenvalue weighted by atomic mass is 9.70. The topological polar surface area (TPSA) is 46.5 Å². The van der Waals surface area contributed by atoms with Gasteiger partial charge in [-0.1, -0.05) is 20.8 Å². The number of hydrogen-bond acceptors (Lipinski definition) is 2. The van der Waals surface area contributed by atoms with Gasteiger partial charge in [0.15, 0.2) is 0 Å². The summed E-state index contributed by atoms with van der Waals surface area (Å²) in [6.07, 6.45) is 3.29. The van der Waals surface area contributed by atoms with Crippen molar-refractivity contribution in [3.05, 3.63) is 0 Å². The van der Waals surface area contributed by atoms with Gasteiger partial charge in [-0.15, -0.1) is 9.42 Å². The molecule has 0 aromatic carbocycles. The van der Waals surface area contributed by atoms with Crippen LogP contribution in [0.4, 0.5) is 0 Å². The van der Waals surface area contributed by atoms with E-state index in [1.54, 1.807) is 0 Å². The van der Waals surface area contributed by atoms with E-state index in [-0.39, 0.29) is 16.9 Å². The molecule has 2 rings (SSSR count). The maximum Gasteiger partial charge on any atom is 0.695 e. The summed E-state index contributed by atoms with van der Waals surface area (Å²) in [7, 11) is -2.45.